The van der Waals surface area contributed by atoms with Crippen molar-refractivity contribution in [2.45, 2.75) is 12.8 Å². The molecule has 4 aromatic rings. The fraction of sp³-hybridized carbons (Fsp3) is 0.125. The molecule has 1 amide bonds. The number of carbonyl (C=O) groups is 2. The number of aromatic nitrogens is 1. The molecule has 1 aliphatic carbocycles. The molecule has 2 aromatic carbocycles. The van der Waals surface area contributed by atoms with Crippen LogP contribution in [-0.4, -0.2) is 28.8 Å². The normalized spacial score (nSPS) is 12.4. The zero-order valence-electron chi connectivity index (χ0n) is 16.6. The number of hydrogen-bond acceptors (Lipinski definition) is 5. The molecule has 31 heavy (non-hydrogen) atoms. The number of ether oxygens (including phenoxy) is 1. The molecule has 5 rings (SSSR count). The lowest BCUT2D eigenvalue weighted by atomic mass is 9.98. The highest BCUT2D eigenvalue weighted by Crippen LogP contribution is 2.44. The molecule has 7 nitrogen and oxygen atoms in total. The fourth-order valence-electron chi connectivity index (χ4n) is 4.08. The predicted octanol–water partition coefficient (Wildman–Crippen LogP) is 5.20. The molecule has 1 aliphatic rings. The number of aryl methyl sites for hydroxylation is 1. The fourth-order valence-corrected chi connectivity index (χ4v) is 4.08. The van der Waals surface area contributed by atoms with Crippen LogP contribution in [0.3, 0.4) is 0 Å². The van der Waals surface area contributed by atoms with Crippen LogP contribution < -0.4 is 5.32 Å². The van der Waals surface area contributed by atoms with E-state index < -0.39 is 12.1 Å². The van der Waals surface area contributed by atoms with E-state index in [2.05, 4.69) is 22.4 Å². The summed E-state index contributed by atoms with van der Waals surface area (Å²) in [4.78, 5) is 28.4. The first kappa shape index (κ1) is 18.9. The lowest BCUT2D eigenvalue weighted by molar-refractivity contribution is 0.0666. The number of fused-ring (bicyclic) bond motifs is 4. The van der Waals surface area contributed by atoms with Gasteiger partial charge in [-0.1, -0.05) is 48.5 Å². The molecule has 2 heterocycles. The van der Waals surface area contributed by atoms with E-state index >= 15 is 0 Å². The first-order valence-corrected chi connectivity index (χ1v) is 9.78. The van der Waals surface area contributed by atoms with Crippen LogP contribution in [0.4, 0.5) is 10.5 Å². The smallest absolute Gasteiger partial charge is 0.411 e. The van der Waals surface area contributed by atoms with Crippen molar-refractivity contribution in [2.24, 2.45) is 0 Å². The highest BCUT2D eigenvalue weighted by atomic mass is 16.5. The van der Waals surface area contributed by atoms with Gasteiger partial charge in [-0.05, 0) is 41.3 Å². The summed E-state index contributed by atoms with van der Waals surface area (Å²) < 4.78 is 10.8. The van der Waals surface area contributed by atoms with Crippen molar-refractivity contribution in [2.75, 3.05) is 11.9 Å². The Kier molecular flexibility index (Phi) is 4.43. The summed E-state index contributed by atoms with van der Waals surface area (Å²) in [6.45, 7) is 1.89. The van der Waals surface area contributed by atoms with Gasteiger partial charge in [0.25, 0.3) is 0 Å². The molecule has 0 saturated carbocycles. The Morgan fingerprint density at radius 3 is 2.32 bits per heavy atom. The lowest BCUT2D eigenvalue weighted by Gasteiger charge is -2.14. The van der Waals surface area contributed by atoms with Crippen LogP contribution in [0, 0.1) is 6.92 Å². The zero-order chi connectivity index (χ0) is 21.5. The van der Waals surface area contributed by atoms with Crippen molar-refractivity contribution in [1.82, 2.24) is 4.98 Å². The van der Waals surface area contributed by atoms with E-state index in [1.807, 2.05) is 36.4 Å². The van der Waals surface area contributed by atoms with Crippen molar-refractivity contribution in [1.29, 1.82) is 0 Å². The van der Waals surface area contributed by atoms with E-state index in [-0.39, 0.29) is 29.7 Å². The third kappa shape index (κ3) is 3.20. The van der Waals surface area contributed by atoms with Crippen molar-refractivity contribution >= 4 is 28.8 Å². The largest absolute Gasteiger partial charge is 0.475 e. The maximum atomic E-state index is 12.6. The number of benzene rings is 2. The van der Waals surface area contributed by atoms with Gasteiger partial charge < -0.3 is 14.3 Å². The van der Waals surface area contributed by atoms with Crippen LogP contribution in [0.1, 0.15) is 33.3 Å². The van der Waals surface area contributed by atoms with E-state index in [9.17, 15) is 14.7 Å². The third-order valence-corrected chi connectivity index (χ3v) is 5.46. The van der Waals surface area contributed by atoms with Crippen LogP contribution in [0.15, 0.2) is 65.1 Å². The number of rotatable bonds is 4. The van der Waals surface area contributed by atoms with Gasteiger partial charge in [0.2, 0.25) is 11.5 Å². The standard InChI is InChI=1S/C24H18N2O5/c1-13-10-11-18-20(21(23(27)28)31-22(18)25-13)26-24(29)30-12-19-16-8-4-2-6-14(16)15-7-3-5-9-17(15)19/h2-11,19H,12H2,1H3,(H,26,29)(H,27,28). The molecule has 154 valence electrons. The van der Waals surface area contributed by atoms with Gasteiger partial charge in [-0.25, -0.2) is 14.6 Å². The summed E-state index contributed by atoms with van der Waals surface area (Å²) in [7, 11) is 0. The molecule has 2 N–H and O–H groups in total. The maximum Gasteiger partial charge on any atom is 0.411 e. The Bertz CT molecular complexity index is 1300. The Balaban J connectivity index is 1.39. The van der Waals surface area contributed by atoms with Gasteiger partial charge in [0, 0.05) is 11.6 Å². The van der Waals surface area contributed by atoms with Crippen LogP contribution in [-0.2, 0) is 4.74 Å². The molecular weight excluding hydrogens is 396 g/mol. The highest BCUT2D eigenvalue weighted by molar-refractivity contribution is 6.07. The zero-order valence-corrected chi connectivity index (χ0v) is 16.6. The van der Waals surface area contributed by atoms with Gasteiger partial charge in [-0.15, -0.1) is 0 Å². The molecule has 0 atom stereocenters. The summed E-state index contributed by atoms with van der Waals surface area (Å²) in [5.41, 5.74) is 5.29. The molecule has 0 fully saturated rings. The number of nitrogens with one attached hydrogen (secondary N) is 1. The average Bonchev–Trinajstić information content (AvgIpc) is 3.28. The Morgan fingerprint density at radius 2 is 1.68 bits per heavy atom. The Labute approximate surface area is 177 Å². The summed E-state index contributed by atoms with van der Waals surface area (Å²) in [6, 6.07) is 19.4. The van der Waals surface area contributed by atoms with Crippen LogP contribution >= 0.6 is 0 Å². The number of carbonyl (C=O) groups excluding carboxylic acids is 1. The molecule has 0 bridgehead atoms. The molecular formula is C24H18N2O5. The third-order valence-electron chi connectivity index (χ3n) is 5.46. The lowest BCUT2D eigenvalue weighted by Crippen LogP contribution is -2.18. The van der Waals surface area contributed by atoms with Gasteiger partial charge in [0.15, 0.2) is 0 Å². The number of nitrogens with zero attached hydrogens (tertiary/aromatic N) is 1. The van der Waals surface area contributed by atoms with Crippen LogP contribution in [0.25, 0.3) is 22.2 Å². The first-order valence-electron chi connectivity index (χ1n) is 9.78. The summed E-state index contributed by atoms with van der Waals surface area (Å²) in [5, 5.41) is 12.4. The SMILES string of the molecule is Cc1ccc2c(NC(=O)OCC3c4ccccc4-c4ccccc43)c(C(=O)O)oc2n1. The van der Waals surface area contributed by atoms with Gasteiger partial charge in [0.1, 0.15) is 12.3 Å². The van der Waals surface area contributed by atoms with Gasteiger partial charge >= 0.3 is 12.1 Å². The quantitative estimate of drug-likeness (QED) is 0.476. The minimum atomic E-state index is -1.30. The number of pyridine rings is 1. The van der Waals surface area contributed by atoms with Gasteiger partial charge in [0.05, 0.1) is 5.39 Å². The van der Waals surface area contributed by atoms with Gasteiger partial charge in [-0.2, -0.15) is 0 Å². The van der Waals surface area contributed by atoms with E-state index in [0.717, 1.165) is 22.3 Å². The maximum absolute atomic E-state index is 12.6. The van der Waals surface area contributed by atoms with Crippen LogP contribution in [0.2, 0.25) is 0 Å². The van der Waals surface area contributed by atoms with E-state index in [1.54, 1.807) is 19.1 Å². The van der Waals surface area contributed by atoms with Crippen molar-refractivity contribution in [3.8, 4) is 11.1 Å². The van der Waals surface area contributed by atoms with Crippen molar-refractivity contribution in [3.63, 3.8) is 0 Å². The summed E-state index contributed by atoms with van der Waals surface area (Å²) in [5.74, 6) is -1.78. The second-order valence-corrected chi connectivity index (χ2v) is 7.37. The number of hydrogen-bond donors (Lipinski definition) is 2. The second-order valence-electron chi connectivity index (χ2n) is 7.37. The van der Waals surface area contributed by atoms with E-state index in [4.69, 9.17) is 9.15 Å². The average molecular weight is 414 g/mol. The number of carboxylic acids is 1. The number of aromatic carboxylic acids is 1. The molecule has 0 spiro atoms. The van der Waals surface area contributed by atoms with Gasteiger partial charge in [-0.3, -0.25) is 5.32 Å². The molecule has 0 unspecified atom stereocenters. The predicted molar refractivity (Wildman–Crippen MR) is 114 cm³/mol. The van der Waals surface area contributed by atoms with Crippen LogP contribution in [0.5, 0.6) is 0 Å². The number of furan rings is 1. The molecule has 0 saturated heterocycles. The second kappa shape index (κ2) is 7.28. The minimum Gasteiger partial charge on any atom is -0.475 e. The monoisotopic (exact) mass is 414 g/mol. The topological polar surface area (TPSA) is 102 Å². The Hall–Kier alpha value is -4.13. The summed E-state index contributed by atoms with van der Waals surface area (Å²) >= 11 is 0. The molecule has 2 aromatic heterocycles. The van der Waals surface area contributed by atoms with E-state index in [1.165, 1.54) is 0 Å². The summed E-state index contributed by atoms with van der Waals surface area (Å²) in [6.07, 6.45) is -0.757. The molecule has 0 aliphatic heterocycles. The van der Waals surface area contributed by atoms with Crippen molar-refractivity contribution < 1.29 is 23.8 Å². The number of carboxylic acid groups (broad SMARTS) is 1. The number of anilines is 1. The number of amides is 1. The Morgan fingerprint density at radius 1 is 1.03 bits per heavy atom. The molecule has 0 radical (unpaired) electrons. The highest BCUT2D eigenvalue weighted by Gasteiger charge is 2.29. The van der Waals surface area contributed by atoms with E-state index in [0.29, 0.717) is 11.1 Å². The van der Waals surface area contributed by atoms with Crippen molar-refractivity contribution in [3.05, 3.63) is 83.2 Å². The first-order chi connectivity index (χ1) is 15.0. The minimum absolute atomic E-state index is 0.0345. The molecule has 7 heteroatoms.